The van der Waals surface area contributed by atoms with Gasteiger partial charge in [-0.1, -0.05) is 11.6 Å². The van der Waals surface area contributed by atoms with Crippen LogP contribution < -0.4 is 10.6 Å². The normalized spacial score (nSPS) is 19.9. The highest BCUT2D eigenvalue weighted by Crippen LogP contribution is 2.19. The molecule has 1 amide bonds. The fourth-order valence-electron chi connectivity index (χ4n) is 3.20. The average Bonchev–Trinajstić information content (AvgIpc) is 2.94. The molecule has 126 valence electrons. The van der Waals surface area contributed by atoms with Gasteiger partial charge in [0.1, 0.15) is 11.0 Å². The third-order valence-electron chi connectivity index (χ3n) is 4.43. The van der Waals surface area contributed by atoms with E-state index in [9.17, 15) is 4.79 Å². The van der Waals surface area contributed by atoms with Gasteiger partial charge >= 0.3 is 0 Å². The molecule has 0 saturated carbocycles. The second-order valence-electron chi connectivity index (χ2n) is 6.11. The minimum atomic E-state index is 0.192. The topological polar surface area (TPSA) is 78.6 Å². The first-order valence-electron chi connectivity index (χ1n) is 8.17. The molecule has 2 fully saturated rings. The van der Waals surface area contributed by atoms with Gasteiger partial charge in [-0.05, 0) is 19.3 Å². The van der Waals surface area contributed by atoms with Gasteiger partial charge in [-0.25, -0.2) is 4.98 Å². The minimum Gasteiger partial charge on any atom is -0.368 e. The zero-order chi connectivity index (χ0) is 16.2. The summed E-state index contributed by atoms with van der Waals surface area (Å²) in [7, 11) is 0. The molecule has 7 nitrogen and oxygen atoms in total. The highest BCUT2D eigenvalue weighted by molar-refractivity contribution is 6.29. The van der Waals surface area contributed by atoms with E-state index in [0.717, 1.165) is 64.3 Å². The predicted octanol–water partition coefficient (Wildman–Crippen LogP) is 0.847. The van der Waals surface area contributed by atoms with E-state index >= 15 is 0 Å². The maximum absolute atomic E-state index is 12.3. The number of hydrogen-bond donors (Lipinski definition) is 1. The molecule has 0 aromatic carbocycles. The summed E-state index contributed by atoms with van der Waals surface area (Å²) >= 11 is 5.96. The lowest BCUT2D eigenvalue weighted by atomic mass is 10.3. The molecule has 0 spiro atoms. The molecule has 0 atom stereocenters. The number of nitrogen functional groups attached to an aromatic ring is 1. The molecular weight excluding hydrogens is 316 g/mol. The Labute approximate surface area is 141 Å². The Hall–Kier alpha value is -1.60. The molecule has 1 aromatic rings. The van der Waals surface area contributed by atoms with Gasteiger partial charge in [0, 0.05) is 45.3 Å². The number of anilines is 2. The number of nitrogens with zero attached hydrogens (tertiary/aromatic N) is 5. The van der Waals surface area contributed by atoms with Gasteiger partial charge in [0.25, 0.3) is 0 Å². The maximum Gasteiger partial charge on any atom is 0.236 e. The van der Waals surface area contributed by atoms with Gasteiger partial charge in [-0.15, -0.1) is 0 Å². The molecule has 3 rings (SSSR count). The zero-order valence-corrected chi connectivity index (χ0v) is 14.0. The number of carbonyl (C=O) groups is 1. The summed E-state index contributed by atoms with van der Waals surface area (Å²) in [6.07, 6.45) is 3.25. The lowest BCUT2D eigenvalue weighted by molar-refractivity contribution is -0.131. The monoisotopic (exact) mass is 338 g/mol. The summed E-state index contributed by atoms with van der Waals surface area (Å²) < 4.78 is 0. The Bertz CT molecular complexity index is 543. The SMILES string of the molecule is Nc1nc(Cl)cc(N2CCCN(CC(=O)N3CCCC3)CC2)n1. The Balaban J connectivity index is 1.57. The Kier molecular flexibility index (Phi) is 5.17. The van der Waals surface area contributed by atoms with Crippen LogP contribution in [0.2, 0.25) is 5.15 Å². The fourth-order valence-corrected chi connectivity index (χ4v) is 3.39. The Morgan fingerprint density at radius 1 is 1.09 bits per heavy atom. The van der Waals surface area contributed by atoms with Crippen LogP contribution in [-0.2, 0) is 4.79 Å². The van der Waals surface area contributed by atoms with Crippen LogP contribution in [0.3, 0.4) is 0 Å². The molecule has 0 aliphatic carbocycles. The summed E-state index contributed by atoms with van der Waals surface area (Å²) in [5.41, 5.74) is 5.67. The first-order valence-corrected chi connectivity index (χ1v) is 8.55. The van der Waals surface area contributed by atoms with E-state index in [1.165, 1.54) is 0 Å². The van der Waals surface area contributed by atoms with Crippen molar-refractivity contribution in [2.75, 3.05) is 56.4 Å². The maximum atomic E-state index is 12.3. The quantitative estimate of drug-likeness (QED) is 0.823. The van der Waals surface area contributed by atoms with Gasteiger partial charge in [0.05, 0.1) is 6.54 Å². The van der Waals surface area contributed by atoms with E-state index in [-0.39, 0.29) is 11.9 Å². The molecular formula is C15H23ClN6O. The van der Waals surface area contributed by atoms with Crippen molar-refractivity contribution in [3.63, 3.8) is 0 Å². The lowest BCUT2D eigenvalue weighted by Crippen LogP contribution is -2.40. The Morgan fingerprint density at radius 2 is 1.87 bits per heavy atom. The molecule has 3 heterocycles. The second kappa shape index (κ2) is 7.31. The Morgan fingerprint density at radius 3 is 2.61 bits per heavy atom. The standard InChI is InChI=1S/C15H23ClN6O/c16-12-10-13(19-15(17)18-12)21-7-3-4-20(8-9-21)11-14(23)22-5-1-2-6-22/h10H,1-9,11H2,(H2,17,18,19). The number of hydrogen-bond acceptors (Lipinski definition) is 6. The van der Waals surface area contributed by atoms with E-state index in [0.29, 0.717) is 11.7 Å². The smallest absolute Gasteiger partial charge is 0.236 e. The van der Waals surface area contributed by atoms with Crippen LogP contribution in [0.1, 0.15) is 19.3 Å². The van der Waals surface area contributed by atoms with E-state index in [1.807, 2.05) is 4.90 Å². The van der Waals surface area contributed by atoms with Gasteiger partial charge in [0.15, 0.2) is 0 Å². The number of rotatable bonds is 3. The van der Waals surface area contributed by atoms with Crippen molar-refractivity contribution in [3.8, 4) is 0 Å². The number of aromatic nitrogens is 2. The van der Waals surface area contributed by atoms with Crippen molar-refractivity contribution < 1.29 is 4.79 Å². The van der Waals surface area contributed by atoms with E-state index < -0.39 is 0 Å². The molecule has 0 unspecified atom stereocenters. The van der Waals surface area contributed by atoms with Crippen LogP contribution >= 0.6 is 11.6 Å². The molecule has 2 N–H and O–H groups in total. The molecule has 2 saturated heterocycles. The second-order valence-corrected chi connectivity index (χ2v) is 6.50. The van der Waals surface area contributed by atoms with Crippen LogP contribution in [0, 0.1) is 0 Å². The molecule has 0 bridgehead atoms. The van der Waals surface area contributed by atoms with Crippen molar-refractivity contribution in [1.82, 2.24) is 19.8 Å². The zero-order valence-electron chi connectivity index (χ0n) is 13.2. The van der Waals surface area contributed by atoms with Crippen LogP contribution in [-0.4, -0.2) is 71.5 Å². The van der Waals surface area contributed by atoms with Gasteiger partial charge in [-0.3, -0.25) is 9.69 Å². The summed E-state index contributed by atoms with van der Waals surface area (Å²) in [6.45, 7) is 5.78. The average molecular weight is 339 g/mol. The van der Waals surface area contributed by atoms with Crippen LogP contribution in [0.5, 0.6) is 0 Å². The third-order valence-corrected chi connectivity index (χ3v) is 4.62. The first-order chi connectivity index (χ1) is 11.1. The molecule has 1 aromatic heterocycles. The molecule has 2 aliphatic heterocycles. The van der Waals surface area contributed by atoms with Crippen molar-refractivity contribution in [3.05, 3.63) is 11.2 Å². The molecule has 2 aliphatic rings. The lowest BCUT2D eigenvalue weighted by Gasteiger charge is -2.24. The molecule has 0 radical (unpaired) electrons. The first kappa shape index (κ1) is 16.3. The minimum absolute atomic E-state index is 0.192. The van der Waals surface area contributed by atoms with Crippen LogP contribution in [0.15, 0.2) is 6.07 Å². The van der Waals surface area contributed by atoms with Gasteiger partial charge < -0.3 is 15.5 Å². The molecule has 23 heavy (non-hydrogen) atoms. The highest BCUT2D eigenvalue weighted by atomic mass is 35.5. The summed E-state index contributed by atoms with van der Waals surface area (Å²) in [5, 5.41) is 0.359. The van der Waals surface area contributed by atoms with E-state index in [2.05, 4.69) is 19.8 Å². The molecule has 8 heteroatoms. The summed E-state index contributed by atoms with van der Waals surface area (Å²) in [6, 6.07) is 1.74. The van der Waals surface area contributed by atoms with Crippen molar-refractivity contribution in [1.29, 1.82) is 0 Å². The van der Waals surface area contributed by atoms with Gasteiger partial charge in [0.2, 0.25) is 11.9 Å². The largest absolute Gasteiger partial charge is 0.368 e. The highest BCUT2D eigenvalue weighted by Gasteiger charge is 2.22. The number of carbonyl (C=O) groups excluding carboxylic acids is 1. The number of amides is 1. The fraction of sp³-hybridized carbons (Fsp3) is 0.667. The number of halogens is 1. The van der Waals surface area contributed by atoms with Crippen molar-refractivity contribution >= 4 is 29.3 Å². The summed E-state index contributed by atoms with van der Waals surface area (Å²) in [5.74, 6) is 1.21. The van der Waals surface area contributed by atoms with Crippen LogP contribution in [0.25, 0.3) is 0 Å². The summed E-state index contributed by atoms with van der Waals surface area (Å²) in [4.78, 5) is 26.8. The van der Waals surface area contributed by atoms with Crippen LogP contribution in [0.4, 0.5) is 11.8 Å². The van der Waals surface area contributed by atoms with E-state index in [4.69, 9.17) is 17.3 Å². The predicted molar refractivity (Wildman–Crippen MR) is 90.5 cm³/mol. The number of likely N-dealkylation sites (tertiary alicyclic amines) is 1. The third kappa shape index (κ3) is 4.23. The van der Waals surface area contributed by atoms with Crippen molar-refractivity contribution in [2.45, 2.75) is 19.3 Å². The number of nitrogens with two attached hydrogens (primary N) is 1. The van der Waals surface area contributed by atoms with Gasteiger partial charge in [-0.2, -0.15) is 4.98 Å². The van der Waals surface area contributed by atoms with Crippen molar-refractivity contribution in [2.24, 2.45) is 0 Å². The van der Waals surface area contributed by atoms with E-state index in [1.54, 1.807) is 6.07 Å².